The minimum atomic E-state index is -2.77. The molecule has 0 spiro atoms. The summed E-state index contributed by atoms with van der Waals surface area (Å²) in [5.41, 5.74) is -0.374. The van der Waals surface area contributed by atoms with Crippen LogP contribution in [0.5, 0.6) is 0 Å². The van der Waals surface area contributed by atoms with Crippen LogP contribution in [-0.2, 0) is 22.9 Å². The van der Waals surface area contributed by atoms with E-state index in [1.54, 1.807) is 0 Å². The summed E-state index contributed by atoms with van der Waals surface area (Å²) in [5.74, 6) is -1.93. The molecule has 0 aromatic carbocycles. The molecule has 0 aliphatic carbocycles. The van der Waals surface area contributed by atoms with Gasteiger partial charge < -0.3 is 23.7 Å². The second-order valence-electron chi connectivity index (χ2n) is 6.91. The second kappa shape index (κ2) is 11.6. The fourth-order valence-corrected chi connectivity index (χ4v) is 5.21. The van der Waals surface area contributed by atoms with Gasteiger partial charge in [-0.15, -0.1) is 0 Å². The summed E-state index contributed by atoms with van der Waals surface area (Å²) in [6.07, 6.45) is 0.930. The Bertz CT molecular complexity index is 393. The quantitative estimate of drug-likeness (QED) is 0.479. The van der Waals surface area contributed by atoms with Gasteiger partial charge in [-0.3, -0.25) is 9.59 Å². The highest BCUT2D eigenvalue weighted by Crippen LogP contribution is 2.22. The second-order valence-corrected chi connectivity index (χ2v) is 9.64. The maximum absolute atomic E-state index is 12.0. The molecule has 0 aliphatic rings. The van der Waals surface area contributed by atoms with E-state index in [0.29, 0.717) is 38.7 Å². The molecule has 148 valence electrons. The first-order valence-corrected chi connectivity index (χ1v) is 11.0. The molecular formula is C17H35NO6Si. The van der Waals surface area contributed by atoms with E-state index in [2.05, 4.69) is 5.32 Å². The van der Waals surface area contributed by atoms with Gasteiger partial charge in [-0.2, -0.15) is 0 Å². The van der Waals surface area contributed by atoms with Gasteiger partial charge in [0.15, 0.2) is 0 Å². The molecule has 0 fully saturated rings. The van der Waals surface area contributed by atoms with E-state index in [0.717, 1.165) is 0 Å². The minimum Gasteiger partial charge on any atom is -0.481 e. The van der Waals surface area contributed by atoms with Gasteiger partial charge in [0.25, 0.3) is 0 Å². The molecule has 2 N–H and O–H groups in total. The number of carbonyl (C=O) groups excluding carboxylic acids is 1. The van der Waals surface area contributed by atoms with Gasteiger partial charge in [-0.1, -0.05) is 0 Å². The van der Waals surface area contributed by atoms with E-state index in [9.17, 15) is 14.7 Å². The number of aliphatic carboxylic acids is 1. The number of rotatable bonds is 13. The zero-order chi connectivity index (χ0) is 19.5. The molecule has 25 heavy (non-hydrogen) atoms. The maximum atomic E-state index is 12.0. The number of amides is 1. The summed E-state index contributed by atoms with van der Waals surface area (Å²) in [6, 6.07) is 0.549. The third-order valence-electron chi connectivity index (χ3n) is 3.42. The Labute approximate surface area is 152 Å². The Kier molecular flexibility index (Phi) is 11.2. The Balaban J connectivity index is 4.72. The lowest BCUT2D eigenvalue weighted by molar-refractivity contribution is -0.144. The molecule has 0 saturated heterocycles. The summed E-state index contributed by atoms with van der Waals surface area (Å²) in [7, 11) is -2.77. The molecular weight excluding hydrogens is 342 g/mol. The van der Waals surface area contributed by atoms with Crippen molar-refractivity contribution >= 4 is 20.7 Å². The molecule has 0 radical (unpaired) electrons. The first-order valence-electron chi connectivity index (χ1n) is 9.04. The zero-order valence-electron chi connectivity index (χ0n) is 16.5. The van der Waals surface area contributed by atoms with Gasteiger partial charge in [-0.05, 0) is 54.4 Å². The monoisotopic (exact) mass is 377 g/mol. The van der Waals surface area contributed by atoms with Crippen LogP contribution in [0, 0.1) is 5.92 Å². The van der Waals surface area contributed by atoms with Gasteiger partial charge >= 0.3 is 14.8 Å². The summed E-state index contributed by atoms with van der Waals surface area (Å²) in [5, 5.41) is 12.2. The van der Waals surface area contributed by atoms with Gasteiger partial charge in [0, 0.05) is 37.8 Å². The molecule has 0 saturated carbocycles. The van der Waals surface area contributed by atoms with E-state index in [1.807, 2.05) is 41.5 Å². The van der Waals surface area contributed by atoms with Crippen molar-refractivity contribution in [1.82, 2.24) is 5.32 Å². The third kappa shape index (κ3) is 10.6. The molecule has 0 bridgehead atoms. The normalized spacial score (nSPS) is 13.5. The lowest BCUT2D eigenvalue weighted by Crippen LogP contribution is -2.46. The fraction of sp³-hybridized carbons (Fsp3) is 0.882. The fourth-order valence-electron chi connectivity index (χ4n) is 2.57. The SMILES string of the molecule is CCO[Si](CCCC(CC(=O)NC(C)(C)C)C(=O)O)(OCC)OCC. The van der Waals surface area contributed by atoms with Crippen LogP contribution in [0.25, 0.3) is 0 Å². The average molecular weight is 378 g/mol. The highest BCUT2D eigenvalue weighted by Gasteiger charge is 2.40. The number of hydrogen-bond acceptors (Lipinski definition) is 5. The number of carboxylic acid groups (broad SMARTS) is 1. The minimum absolute atomic E-state index is 0.0287. The summed E-state index contributed by atoms with van der Waals surface area (Å²) in [4.78, 5) is 23.5. The summed E-state index contributed by atoms with van der Waals surface area (Å²) in [6.45, 7) is 12.7. The van der Waals surface area contributed by atoms with Crippen LogP contribution in [0.15, 0.2) is 0 Å². The first-order chi connectivity index (χ1) is 11.6. The van der Waals surface area contributed by atoms with Crippen LogP contribution in [0.1, 0.15) is 60.8 Å². The molecule has 0 rings (SSSR count). The molecule has 0 aliphatic heterocycles. The van der Waals surface area contributed by atoms with E-state index in [4.69, 9.17) is 13.3 Å². The van der Waals surface area contributed by atoms with Crippen LogP contribution in [0.2, 0.25) is 6.04 Å². The summed E-state index contributed by atoms with van der Waals surface area (Å²) >= 11 is 0. The zero-order valence-corrected chi connectivity index (χ0v) is 17.5. The summed E-state index contributed by atoms with van der Waals surface area (Å²) < 4.78 is 17.3. The van der Waals surface area contributed by atoms with Crippen molar-refractivity contribution in [2.24, 2.45) is 5.92 Å². The number of hydrogen-bond donors (Lipinski definition) is 2. The van der Waals surface area contributed by atoms with E-state index < -0.39 is 20.7 Å². The standard InChI is InChI=1S/C17H35NO6Si/c1-7-22-25(23-8-2,24-9-3)12-10-11-14(16(20)21)13-15(19)18-17(4,5)6/h14H,7-13H2,1-6H3,(H,18,19)(H,20,21). The highest BCUT2D eigenvalue weighted by atomic mass is 28.4. The van der Waals surface area contributed by atoms with Crippen molar-refractivity contribution in [2.45, 2.75) is 72.4 Å². The Hall–Kier alpha value is -0.963. The van der Waals surface area contributed by atoms with Crippen molar-refractivity contribution in [3.8, 4) is 0 Å². The number of nitrogens with one attached hydrogen (secondary N) is 1. The van der Waals surface area contributed by atoms with E-state index in [-0.39, 0.29) is 17.9 Å². The lowest BCUT2D eigenvalue weighted by Gasteiger charge is -2.28. The topological polar surface area (TPSA) is 94.1 Å². The van der Waals surface area contributed by atoms with Gasteiger partial charge in [-0.25, -0.2) is 0 Å². The van der Waals surface area contributed by atoms with Crippen LogP contribution < -0.4 is 5.32 Å². The van der Waals surface area contributed by atoms with Crippen LogP contribution in [0.3, 0.4) is 0 Å². The van der Waals surface area contributed by atoms with Crippen molar-refractivity contribution in [2.75, 3.05) is 19.8 Å². The molecule has 7 nitrogen and oxygen atoms in total. The van der Waals surface area contributed by atoms with Crippen molar-refractivity contribution in [3.05, 3.63) is 0 Å². The predicted octanol–water partition coefficient (Wildman–Crippen LogP) is 2.82. The van der Waals surface area contributed by atoms with Crippen molar-refractivity contribution in [3.63, 3.8) is 0 Å². The molecule has 0 heterocycles. The van der Waals surface area contributed by atoms with E-state index >= 15 is 0 Å². The molecule has 0 aromatic heterocycles. The smallest absolute Gasteiger partial charge is 0.481 e. The van der Waals surface area contributed by atoms with Gasteiger partial charge in [0.2, 0.25) is 5.91 Å². The lowest BCUT2D eigenvalue weighted by atomic mass is 9.98. The first kappa shape index (κ1) is 24.0. The van der Waals surface area contributed by atoms with Gasteiger partial charge in [0.05, 0.1) is 5.92 Å². The molecule has 1 amide bonds. The third-order valence-corrected chi connectivity index (χ3v) is 6.58. The predicted molar refractivity (Wildman–Crippen MR) is 98.3 cm³/mol. The maximum Gasteiger partial charge on any atom is 0.500 e. The average Bonchev–Trinajstić information content (AvgIpc) is 2.45. The Morgan fingerprint density at radius 3 is 1.88 bits per heavy atom. The number of carbonyl (C=O) groups is 2. The molecule has 1 atom stereocenters. The molecule has 8 heteroatoms. The van der Waals surface area contributed by atoms with Crippen LogP contribution in [-0.4, -0.2) is 51.1 Å². The van der Waals surface area contributed by atoms with Crippen LogP contribution in [0.4, 0.5) is 0 Å². The van der Waals surface area contributed by atoms with Crippen LogP contribution >= 0.6 is 0 Å². The molecule has 1 unspecified atom stereocenters. The Morgan fingerprint density at radius 2 is 1.52 bits per heavy atom. The largest absolute Gasteiger partial charge is 0.500 e. The highest BCUT2D eigenvalue weighted by molar-refractivity contribution is 6.60. The van der Waals surface area contributed by atoms with E-state index in [1.165, 1.54) is 0 Å². The van der Waals surface area contributed by atoms with Gasteiger partial charge in [0.1, 0.15) is 0 Å². The van der Waals surface area contributed by atoms with Crippen molar-refractivity contribution < 1.29 is 28.0 Å². The molecule has 0 aromatic rings. The number of carboxylic acids is 1. The van der Waals surface area contributed by atoms with Crippen molar-refractivity contribution in [1.29, 1.82) is 0 Å². The Morgan fingerprint density at radius 1 is 1.04 bits per heavy atom.